The van der Waals surface area contributed by atoms with Gasteiger partial charge in [0.25, 0.3) is 0 Å². The highest BCUT2D eigenvalue weighted by Gasteiger charge is 2.25. The van der Waals surface area contributed by atoms with Crippen LogP contribution in [0.1, 0.15) is 18.4 Å². The average Bonchev–Trinajstić information content (AvgIpc) is 2.25. The van der Waals surface area contributed by atoms with Crippen LogP contribution in [0, 0.1) is 6.92 Å². The van der Waals surface area contributed by atoms with E-state index < -0.39 is 12.6 Å². The van der Waals surface area contributed by atoms with E-state index in [2.05, 4.69) is 20.7 Å². The number of nitrogen functional groups attached to an aromatic ring is 1. The zero-order chi connectivity index (χ0) is 12.9. The number of rotatable bonds is 5. The van der Waals surface area contributed by atoms with E-state index >= 15 is 0 Å². The fraction of sp³-hybridized carbons (Fsp3) is 0.556. The summed E-state index contributed by atoms with van der Waals surface area (Å²) in [6.07, 6.45) is -3.40. The standard InChI is InChI=1S/C9H14F3N5/c1-6-5-15-8(17-13)16-7(6)14-4-2-3-9(10,11)12/h5H,2-4,13H2,1H3,(H2,14,15,16,17). The van der Waals surface area contributed by atoms with E-state index in [0.29, 0.717) is 5.82 Å². The molecule has 8 heteroatoms. The van der Waals surface area contributed by atoms with E-state index in [1.165, 1.54) is 6.20 Å². The van der Waals surface area contributed by atoms with Gasteiger partial charge in [-0.2, -0.15) is 18.2 Å². The third-order valence-corrected chi connectivity index (χ3v) is 2.03. The van der Waals surface area contributed by atoms with Crippen LogP contribution in [0.3, 0.4) is 0 Å². The van der Waals surface area contributed by atoms with Gasteiger partial charge in [-0.1, -0.05) is 0 Å². The van der Waals surface area contributed by atoms with Gasteiger partial charge in [-0.3, -0.25) is 5.43 Å². The molecule has 1 heterocycles. The van der Waals surface area contributed by atoms with Crippen molar-refractivity contribution in [1.29, 1.82) is 0 Å². The van der Waals surface area contributed by atoms with Gasteiger partial charge < -0.3 is 5.32 Å². The molecule has 4 N–H and O–H groups in total. The van der Waals surface area contributed by atoms with E-state index in [-0.39, 0.29) is 18.9 Å². The second kappa shape index (κ2) is 5.67. The Morgan fingerprint density at radius 3 is 2.71 bits per heavy atom. The topological polar surface area (TPSA) is 75.9 Å². The summed E-state index contributed by atoms with van der Waals surface area (Å²) in [7, 11) is 0. The Hall–Kier alpha value is -1.57. The summed E-state index contributed by atoms with van der Waals surface area (Å²) < 4.78 is 35.7. The molecule has 0 aromatic carbocycles. The summed E-state index contributed by atoms with van der Waals surface area (Å²) in [6.45, 7) is 1.95. The molecule has 0 bridgehead atoms. The number of halogens is 3. The van der Waals surface area contributed by atoms with Crippen LogP contribution in [0.5, 0.6) is 0 Å². The van der Waals surface area contributed by atoms with E-state index in [1.807, 2.05) is 0 Å². The van der Waals surface area contributed by atoms with Gasteiger partial charge in [0.15, 0.2) is 0 Å². The lowest BCUT2D eigenvalue weighted by Gasteiger charge is -2.10. The summed E-state index contributed by atoms with van der Waals surface area (Å²) >= 11 is 0. The number of hydrogen-bond donors (Lipinski definition) is 3. The molecule has 0 unspecified atom stereocenters. The van der Waals surface area contributed by atoms with Gasteiger partial charge in [-0.25, -0.2) is 10.8 Å². The fourth-order valence-electron chi connectivity index (χ4n) is 1.19. The first-order valence-electron chi connectivity index (χ1n) is 5.03. The van der Waals surface area contributed by atoms with E-state index in [9.17, 15) is 13.2 Å². The van der Waals surface area contributed by atoms with Crippen molar-refractivity contribution in [2.45, 2.75) is 25.9 Å². The maximum atomic E-state index is 11.9. The molecule has 1 rings (SSSR count). The quantitative estimate of drug-likeness (QED) is 0.421. The predicted molar refractivity (Wildman–Crippen MR) is 58.4 cm³/mol. The molecule has 17 heavy (non-hydrogen) atoms. The number of alkyl halides is 3. The second-order valence-corrected chi connectivity index (χ2v) is 3.52. The van der Waals surface area contributed by atoms with E-state index in [4.69, 9.17) is 5.84 Å². The molecule has 1 aromatic heterocycles. The average molecular weight is 249 g/mol. The SMILES string of the molecule is Cc1cnc(NN)nc1NCCCC(F)(F)F. The molecule has 5 nitrogen and oxygen atoms in total. The Morgan fingerprint density at radius 2 is 2.12 bits per heavy atom. The maximum Gasteiger partial charge on any atom is 0.389 e. The number of hydrazine groups is 1. The molecule has 0 aliphatic rings. The van der Waals surface area contributed by atoms with Crippen LogP contribution >= 0.6 is 0 Å². The van der Waals surface area contributed by atoms with Crippen molar-refractivity contribution >= 4 is 11.8 Å². The van der Waals surface area contributed by atoms with Gasteiger partial charge >= 0.3 is 6.18 Å². The van der Waals surface area contributed by atoms with Crippen molar-refractivity contribution < 1.29 is 13.2 Å². The van der Waals surface area contributed by atoms with Crippen molar-refractivity contribution in [1.82, 2.24) is 9.97 Å². The first kappa shape index (κ1) is 13.5. The number of nitrogens with one attached hydrogen (secondary N) is 2. The lowest BCUT2D eigenvalue weighted by Crippen LogP contribution is -2.14. The number of nitrogens with zero attached hydrogens (tertiary/aromatic N) is 2. The first-order valence-corrected chi connectivity index (χ1v) is 5.03. The Bertz CT molecular complexity index is 366. The van der Waals surface area contributed by atoms with Crippen molar-refractivity contribution in [3.8, 4) is 0 Å². The van der Waals surface area contributed by atoms with Crippen molar-refractivity contribution in [2.24, 2.45) is 5.84 Å². The Morgan fingerprint density at radius 1 is 1.41 bits per heavy atom. The molecule has 0 aliphatic heterocycles. The van der Waals surface area contributed by atoms with Crippen molar-refractivity contribution in [2.75, 3.05) is 17.3 Å². The third-order valence-electron chi connectivity index (χ3n) is 2.03. The van der Waals surface area contributed by atoms with Crippen LogP contribution in [0.15, 0.2) is 6.20 Å². The monoisotopic (exact) mass is 249 g/mol. The first-order chi connectivity index (χ1) is 7.92. The normalized spacial score (nSPS) is 11.4. The van der Waals surface area contributed by atoms with Crippen LogP contribution in [0.25, 0.3) is 0 Å². The smallest absolute Gasteiger partial charge is 0.370 e. The molecule has 0 saturated heterocycles. The molecule has 1 aromatic rings. The minimum Gasteiger partial charge on any atom is -0.370 e. The summed E-state index contributed by atoms with van der Waals surface area (Å²) in [6, 6.07) is 0. The van der Waals surface area contributed by atoms with Crippen LogP contribution in [-0.2, 0) is 0 Å². The van der Waals surface area contributed by atoms with Gasteiger partial charge in [0.1, 0.15) is 5.82 Å². The fourth-order valence-corrected chi connectivity index (χ4v) is 1.19. The number of aromatic nitrogens is 2. The highest BCUT2D eigenvalue weighted by molar-refractivity contribution is 5.45. The highest BCUT2D eigenvalue weighted by Crippen LogP contribution is 2.21. The maximum absolute atomic E-state index is 11.9. The molecular formula is C9H14F3N5. The van der Waals surface area contributed by atoms with Gasteiger partial charge in [0, 0.05) is 24.7 Å². The minimum absolute atomic E-state index is 0.00166. The molecule has 0 radical (unpaired) electrons. The highest BCUT2D eigenvalue weighted by atomic mass is 19.4. The van der Waals surface area contributed by atoms with Gasteiger partial charge in [-0.05, 0) is 13.3 Å². The lowest BCUT2D eigenvalue weighted by atomic mass is 10.3. The van der Waals surface area contributed by atoms with E-state index in [0.717, 1.165) is 5.56 Å². The molecule has 0 atom stereocenters. The number of anilines is 2. The van der Waals surface area contributed by atoms with Crippen LogP contribution in [-0.4, -0.2) is 22.7 Å². The molecule has 0 amide bonds. The Labute approximate surface area is 96.6 Å². The lowest BCUT2D eigenvalue weighted by molar-refractivity contribution is -0.134. The van der Waals surface area contributed by atoms with Crippen LogP contribution in [0.2, 0.25) is 0 Å². The molecular weight excluding hydrogens is 235 g/mol. The van der Waals surface area contributed by atoms with Crippen LogP contribution < -0.4 is 16.6 Å². The summed E-state index contributed by atoms with van der Waals surface area (Å²) in [4.78, 5) is 7.84. The molecule has 96 valence electrons. The zero-order valence-electron chi connectivity index (χ0n) is 9.30. The summed E-state index contributed by atoms with van der Waals surface area (Å²) in [5.41, 5.74) is 3.01. The summed E-state index contributed by atoms with van der Waals surface area (Å²) in [5, 5.41) is 2.81. The van der Waals surface area contributed by atoms with Crippen molar-refractivity contribution in [3.05, 3.63) is 11.8 Å². The molecule has 0 fully saturated rings. The van der Waals surface area contributed by atoms with Gasteiger partial charge in [0.2, 0.25) is 5.95 Å². The zero-order valence-corrected chi connectivity index (χ0v) is 9.30. The molecule has 0 aliphatic carbocycles. The van der Waals surface area contributed by atoms with Gasteiger partial charge in [0.05, 0.1) is 0 Å². The third kappa shape index (κ3) is 4.85. The Kier molecular flexibility index (Phi) is 4.50. The Balaban J connectivity index is 2.46. The van der Waals surface area contributed by atoms with Gasteiger partial charge in [-0.15, -0.1) is 0 Å². The number of aryl methyl sites for hydroxylation is 1. The summed E-state index contributed by atoms with van der Waals surface area (Å²) in [5.74, 6) is 5.83. The van der Waals surface area contributed by atoms with E-state index in [1.54, 1.807) is 6.92 Å². The largest absolute Gasteiger partial charge is 0.389 e. The second-order valence-electron chi connectivity index (χ2n) is 3.52. The van der Waals surface area contributed by atoms with Crippen molar-refractivity contribution in [3.63, 3.8) is 0 Å². The molecule has 0 spiro atoms. The number of hydrogen-bond acceptors (Lipinski definition) is 5. The predicted octanol–water partition coefficient (Wildman–Crippen LogP) is 1.83. The number of nitrogens with two attached hydrogens (primary N) is 1. The minimum atomic E-state index is -4.12. The van der Waals surface area contributed by atoms with Crippen LogP contribution in [0.4, 0.5) is 24.9 Å². The molecule has 0 saturated carbocycles.